The Morgan fingerprint density at radius 3 is 2.84 bits per heavy atom. The van der Waals surface area contributed by atoms with Gasteiger partial charge in [-0.05, 0) is 25.1 Å². The summed E-state index contributed by atoms with van der Waals surface area (Å²) in [6, 6.07) is 5.46. The van der Waals surface area contributed by atoms with Gasteiger partial charge < -0.3 is 20.5 Å². The van der Waals surface area contributed by atoms with E-state index in [1.807, 2.05) is 13.0 Å². The van der Waals surface area contributed by atoms with Gasteiger partial charge in [-0.15, -0.1) is 0 Å². The van der Waals surface area contributed by atoms with Crippen LogP contribution in [0.4, 0.5) is 5.69 Å². The highest BCUT2D eigenvalue weighted by Gasteiger charge is 2.13. The molecule has 0 radical (unpaired) electrons. The lowest BCUT2D eigenvalue weighted by Crippen LogP contribution is -2.28. The minimum Gasteiger partial charge on any atom is -0.492 e. The molecule has 0 aliphatic heterocycles. The number of carbonyl (C=O) groups excluding carboxylic acids is 1. The van der Waals surface area contributed by atoms with Crippen LogP contribution >= 0.6 is 15.9 Å². The molecule has 1 amide bonds. The number of nitrogens with one attached hydrogen (secondary N) is 1. The first-order valence-electron chi connectivity index (χ1n) is 6.05. The number of hydrogen-bond donors (Lipinski definition) is 2. The third kappa shape index (κ3) is 5.18. The fraction of sp³-hybridized carbons (Fsp3) is 0.462. The van der Waals surface area contributed by atoms with E-state index in [0.717, 1.165) is 4.47 Å². The summed E-state index contributed by atoms with van der Waals surface area (Å²) in [6.45, 7) is 2.73. The molecule has 0 saturated carbocycles. The number of nitrogens with two attached hydrogens (primary N) is 1. The van der Waals surface area contributed by atoms with Crippen LogP contribution in [0.15, 0.2) is 22.7 Å². The number of anilines is 1. The lowest BCUT2D eigenvalue weighted by molar-refractivity contribution is -0.118. The van der Waals surface area contributed by atoms with Crippen LogP contribution < -0.4 is 15.8 Å². The Morgan fingerprint density at radius 1 is 1.53 bits per heavy atom. The Labute approximate surface area is 121 Å². The van der Waals surface area contributed by atoms with Crippen LogP contribution in [-0.4, -0.2) is 32.3 Å². The quantitative estimate of drug-likeness (QED) is 0.803. The summed E-state index contributed by atoms with van der Waals surface area (Å²) in [5.41, 5.74) is 6.12. The van der Waals surface area contributed by atoms with E-state index < -0.39 is 0 Å². The highest BCUT2D eigenvalue weighted by molar-refractivity contribution is 9.10. The molecule has 0 fully saturated rings. The average molecular weight is 331 g/mol. The molecule has 0 aromatic heterocycles. The molecule has 0 saturated heterocycles. The van der Waals surface area contributed by atoms with E-state index in [1.165, 1.54) is 7.11 Å². The third-order valence-electron chi connectivity index (χ3n) is 2.52. The fourth-order valence-corrected chi connectivity index (χ4v) is 1.91. The number of methoxy groups -OCH3 is 1. The molecule has 1 atom stereocenters. The molecule has 6 heteroatoms. The number of amides is 1. The van der Waals surface area contributed by atoms with Gasteiger partial charge in [0, 0.05) is 18.1 Å². The molecule has 19 heavy (non-hydrogen) atoms. The van der Waals surface area contributed by atoms with E-state index in [9.17, 15) is 4.79 Å². The largest absolute Gasteiger partial charge is 0.492 e. The zero-order valence-electron chi connectivity index (χ0n) is 11.1. The van der Waals surface area contributed by atoms with Crippen molar-refractivity contribution in [3.05, 3.63) is 22.7 Å². The maximum atomic E-state index is 11.9. The average Bonchev–Trinajstić information content (AvgIpc) is 2.39. The molecule has 1 aromatic rings. The molecule has 5 nitrogen and oxygen atoms in total. The van der Waals surface area contributed by atoms with Crippen molar-refractivity contribution in [1.29, 1.82) is 0 Å². The zero-order chi connectivity index (χ0) is 14.3. The first-order chi connectivity index (χ1) is 9.10. The van der Waals surface area contributed by atoms with Crippen LogP contribution in [0.2, 0.25) is 0 Å². The summed E-state index contributed by atoms with van der Waals surface area (Å²) < 4.78 is 11.4. The van der Waals surface area contributed by atoms with E-state index >= 15 is 0 Å². The van der Waals surface area contributed by atoms with Crippen molar-refractivity contribution in [2.45, 2.75) is 19.4 Å². The van der Waals surface area contributed by atoms with Crippen molar-refractivity contribution >= 4 is 27.5 Å². The molecule has 0 aliphatic rings. The Bertz CT molecular complexity index is 422. The SMILES string of the molecule is CCOc1ccc(Br)cc1NC(=O)CC(CN)OC. The van der Waals surface area contributed by atoms with Gasteiger partial charge in [0.2, 0.25) is 5.91 Å². The second-order valence-corrected chi connectivity index (χ2v) is 4.83. The van der Waals surface area contributed by atoms with Crippen LogP contribution in [0.3, 0.4) is 0 Å². The highest BCUT2D eigenvalue weighted by atomic mass is 79.9. The van der Waals surface area contributed by atoms with Gasteiger partial charge in [0.05, 0.1) is 24.8 Å². The smallest absolute Gasteiger partial charge is 0.227 e. The summed E-state index contributed by atoms with van der Waals surface area (Å²) in [5, 5.41) is 2.81. The fourth-order valence-electron chi connectivity index (χ4n) is 1.55. The van der Waals surface area contributed by atoms with Crippen molar-refractivity contribution < 1.29 is 14.3 Å². The number of benzene rings is 1. The molecule has 106 valence electrons. The second-order valence-electron chi connectivity index (χ2n) is 3.92. The molecule has 0 heterocycles. The van der Waals surface area contributed by atoms with E-state index in [2.05, 4.69) is 21.2 Å². The molecule has 1 aromatic carbocycles. The Morgan fingerprint density at radius 2 is 2.26 bits per heavy atom. The molecule has 3 N–H and O–H groups in total. The molecule has 1 rings (SSSR count). The maximum Gasteiger partial charge on any atom is 0.227 e. The monoisotopic (exact) mass is 330 g/mol. The number of ether oxygens (including phenoxy) is 2. The molecule has 0 aliphatic carbocycles. The van der Waals surface area contributed by atoms with Crippen molar-refractivity contribution in [2.75, 3.05) is 25.6 Å². The van der Waals surface area contributed by atoms with E-state index in [-0.39, 0.29) is 18.4 Å². The van der Waals surface area contributed by atoms with Crippen LogP contribution in [0.25, 0.3) is 0 Å². The molecule has 0 spiro atoms. The van der Waals surface area contributed by atoms with E-state index in [4.69, 9.17) is 15.2 Å². The van der Waals surface area contributed by atoms with Crippen molar-refractivity contribution in [3.63, 3.8) is 0 Å². The van der Waals surface area contributed by atoms with E-state index in [1.54, 1.807) is 12.1 Å². The normalized spacial score (nSPS) is 12.0. The van der Waals surface area contributed by atoms with Crippen molar-refractivity contribution in [1.82, 2.24) is 0 Å². The minimum atomic E-state index is -0.275. The van der Waals surface area contributed by atoms with Crippen LogP contribution in [0.1, 0.15) is 13.3 Å². The first-order valence-corrected chi connectivity index (χ1v) is 6.85. The molecule has 0 bridgehead atoms. The second kappa shape index (κ2) is 8.14. The number of hydrogen-bond acceptors (Lipinski definition) is 4. The van der Waals surface area contributed by atoms with Crippen LogP contribution in [0.5, 0.6) is 5.75 Å². The first kappa shape index (κ1) is 15.9. The number of halogens is 1. The standard InChI is InChI=1S/C13H19BrN2O3/c1-3-19-12-5-4-9(14)6-11(12)16-13(17)7-10(8-15)18-2/h4-6,10H,3,7-8,15H2,1-2H3,(H,16,17). The summed E-state index contributed by atoms with van der Waals surface area (Å²) in [7, 11) is 1.54. The lowest BCUT2D eigenvalue weighted by atomic mass is 10.2. The summed E-state index contributed by atoms with van der Waals surface area (Å²) in [5.74, 6) is 0.483. The van der Waals surface area contributed by atoms with Gasteiger partial charge in [-0.25, -0.2) is 0 Å². The van der Waals surface area contributed by atoms with Crippen molar-refractivity contribution in [2.24, 2.45) is 5.73 Å². The summed E-state index contributed by atoms with van der Waals surface area (Å²) >= 11 is 3.36. The summed E-state index contributed by atoms with van der Waals surface area (Å²) in [6.07, 6.45) is -0.0619. The lowest BCUT2D eigenvalue weighted by Gasteiger charge is -2.15. The van der Waals surface area contributed by atoms with Gasteiger partial charge in [0.1, 0.15) is 5.75 Å². The van der Waals surface area contributed by atoms with Gasteiger partial charge in [-0.3, -0.25) is 4.79 Å². The number of rotatable bonds is 7. The predicted molar refractivity (Wildman–Crippen MR) is 78.4 cm³/mol. The van der Waals surface area contributed by atoms with Gasteiger partial charge >= 0.3 is 0 Å². The highest BCUT2D eigenvalue weighted by Crippen LogP contribution is 2.28. The van der Waals surface area contributed by atoms with Crippen molar-refractivity contribution in [3.8, 4) is 5.75 Å². The zero-order valence-corrected chi connectivity index (χ0v) is 12.7. The molecular weight excluding hydrogens is 312 g/mol. The third-order valence-corrected chi connectivity index (χ3v) is 3.02. The van der Waals surface area contributed by atoms with E-state index in [0.29, 0.717) is 24.6 Å². The minimum absolute atomic E-state index is 0.156. The Balaban J connectivity index is 2.74. The van der Waals surface area contributed by atoms with Gasteiger partial charge in [0.25, 0.3) is 0 Å². The van der Waals surface area contributed by atoms with Crippen LogP contribution in [-0.2, 0) is 9.53 Å². The number of carbonyl (C=O) groups is 1. The van der Waals surface area contributed by atoms with Gasteiger partial charge in [-0.2, -0.15) is 0 Å². The predicted octanol–water partition coefficient (Wildman–Crippen LogP) is 2.15. The maximum absolute atomic E-state index is 11.9. The summed E-state index contributed by atoms with van der Waals surface area (Å²) in [4.78, 5) is 11.9. The van der Waals surface area contributed by atoms with Crippen LogP contribution in [0, 0.1) is 0 Å². The Hall–Kier alpha value is -1.11. The Kier molecular flexibility index (Phi) is 6.83. The topological polar surface area (TPSA) is 73.6 Å². The van der Waals surface area contributed by atoms with Gasteiger partial charge in [-0.1, -0.05) is 15.9 Å². The van der Waals surface area contributed by atoms with Gasteiger partial charge in [0.15, 0.2) is 0 Å². The molecular formula is C13H19BrN2O3. The molecule has 1 unspecified atom stereocenters.